The molecule has 0 saturated heterocycles. The van der Waals surface area contributed by atoms with Gasteiger partial charge < -0.3 is 15.2 Å². The summed E-state index contributed by atoms with van der Waals surface area (Å²) in [6.45, 7) is 4.20. The summed E-state index contributed by atoms with van der Waals surface area (Å²) in [5.41, 5.74) is 0.976. The van der Waals surface area contributed by atoms with Gasteiger partial charge in [0.15, 0.2) is 6.10 Å². The second-order valence-electron chi connectivity index (χ2n) is 6.29. The van der Waals surface area contributed by atoms with Crippen LogP contribution in [0.25, 0.3) is 0 Å². The Kier molecular flexibility index (Phi) is 5.57. The Bertz CT molecular complexity index is 698. The van der Waals surface area contributed by atoms with Crippen molar-refractivity contribution in [3.63, 3.8) is 0 Å². The molecule has 0 aliphatic rings. The first-order chi connectivity index (χ1) is 11.3. The number of methoxy groups -OCH3 is 1. The van der Waals surface area contributed by atoms with Gasteiger partial charge in [-0.15, -0.1) is 0 Å². The molecule has 0 fully saturated rings. The van der Waals surface area contributed by atoms with E-state index >= 15 is 0 Å². The number of carbonyl (C=O) groups is 1. The molecular weight excluding hydrogens is 309 g/mol. The molecule has 1 amide bonds. The van der Waals surface area contributed by atoms with Crippen LogP contribution in [0.15, 0.2) is 48.5 Å². The zero-order valence-corrected chi connectivity index (χ0v) is 14.0. The third kappa shape index (κ3) is 4.32. The zero-order valence-electron chi connectivity index (χ0n) is 14.0. The minimum atomic E-state index is -1.27. The summed E-state index contributed by atoms with van der Waals surface area (Å²) in [6.07, 6.45) is -1.27. The molecule has 0 saturated carbocycles. The number of amides is 1. The second-order valence-corrected chi connectivity index (χ2v) is 6.29. The van der Waals surface area contributed by atoms with Crippen LogP contribution in [0.1, 0.15) is 31.1 Å². The number of hydrogen-bond donors (Lipinski definition) is 2. The minimum absolute atomic E-state index is 0.299. The van der Waals surface area contributed by atoms with Crippen LogP contribution in [0.2, 0.25) is 0 Å². The van der Waals surface area contributed by atoms with Gasteiger partial charge in [0.25, 0.3) is 5.91 Å². The lowest BCUT2D eigenvalue weighted by Crippen LogP contribution is -2.39. The van der Waals surface area contributed by atoms with Gasteiger partial charge in [-0.3, -0.25) is 4.79 Å². The quantitative estimate of drug-likeness (QED) is 0.855. The number of benzene rings is 2. The van der Waals surface area contributed by atoms with Crippen LogP contribution in [-0.4, -0.2) is 24.7 Å². The molecule has 0 spiro atoms. The Morgan fingerprint density at radius 1 is 1.25 bits per heavy atom. The highest BCUT2D eigenvalue weighted by atomic mass is 19.1. The van der Waals surface area contributed by atoms with E-state index in [1.807, 2.05) is 13.8 Å². The fourth-order valence-corrected chi connectivity index (χ4v) is 2.37. The molecule has 0 aliphatic carbocycles. The third-order valence-corrected chi connectivity index (χ3v) is 3.99. The Morgan fingerprint density at radius 3 is 2.54 bits per heavy atom. The standard InChI is InChI=1S/C19H22FNO3/c1-19(2,14-7-9-15(20)10-8-14)12-21-18(23)17(22)13-5-4-6-16(11-13)24-3/h4-11,17,22H,12H2,1-3H3,(H,21,23). The number of ether oxygens (including phenoxy) is 1. The summed E-state index contributed by atoms with van der Waals surface area (Å²) >= 11 is 0. The van der Waals surface area contributed by atoms with E-state index in [0.717, 1.165) is 5.56 Å². The molecule has 1 atom stereocenters. The summed E-state index contributed by atoms with van der Waals surface area (Å²) in [5.74, 6) is -0.212. The topological polar surface area (TPSA) is 58.6 Å². The van der Waals surface area contributed by atoms with Crippen molar-refractivity contribution in [2.24, 2.45) is 0 Å². The van der Waals surface area contributed by atoms with E-state index in [1.54, 1.807) is 36.4 Å². The van der Waals surface area contributed by atoms with E-state index in [4.69, 9.17) is 4.74 Å². The fourth-order valence-electron chi connectivity index (χ4n) is 2.37. The monoisotopic (exact) mass is 331 g/mol. The first-order valence-electron chi connectivity index (χ1n) is 7.69. The number of aliphatic hydroxyl groups excluding tert-OH is 1. The van der Waals surface area contributed by atoms with Crippen molar-refractivity contribution in [1.29, 1.82) is 0 Å². The number of halogens is 1. The van der Waals surface area contributed by atoms with Crippen LogP contribution in [0.4, 0.5) is 4.39 Å². The summed E-state index contributed by atoms with van der Waals surface area (Å²) in [5, 5.41) is 12.9. The van der Waals surface area contributed by atoms with E-state index in [9.17, 15) is 14.3 Å². The normalized spacial score (nSPS) is 12.5. The molecule has 0 radical (unpaired) electrons. The Labute approximate surface area is 141 Å². The highest BCUT2D eigenvalue weighted by Gasteiger charge is 2.24. The SMILES string of the molecule is COc1cccc(C(O)C(=O)NCC(C)(C)c2ccc(F)cc2)c1. The molecule has 0 heterocycles. The largest absolute Gasteiger partial charge is 0.497 e. The van der Waals surface area contributed by atoms with Crippen LogP contribution in [0, 0.1) is 5.82 Å². The molecule has 1 unspecified atom stereocenters. The van der Waals surface area contributed by atoms with Crippen LogP contribution in [0.5, 0.6) is 5.75 Å². The Morgan fingerprint density at radius 2 is 1.92 bits per heavy atom. The van der Waals surface area contributed by atoms with Crippen molar-refractivity contribution < 1.29 is 19.0 Å². The summed E-state index contributed by atoms with van der Waals surface area (Å²) < 4.78 is 18.1. The van der Waals surface area contributed by atoms with E-state index in [-0.39, 0.29) is 5.82 Å². The van der Waals surface area contributed by atoms with E-state index in [0.29, 0.717) is 17.9 Å². The molecule has 4 nitrogen and oxygen atoms in total. The molecule has 24 heavy (non-hydrogen) atoms. The molecular formula is C19H22FNO3. The molecule has 0 bridgehead atoms. The molecule has 0 aromatic heterocycles. The maximum atomic E-state index is 13.0. The first-order valence-corrected chi connectivity index (χ1v) is 7.69. The number of nitrogens with one attached hydrogen (secondary N) is 1. The van der Waals surface area contributed by atoms with Crippen molar-refractivity contribution in [3.8, 4) is 5.75 Å². The molecule has 2 N–H and O–H groups in total. The van der Waals surface area contributed by atoms with E-state index in [1.165, 1.54) is 19.2 Å². The van der Waals surface area contributed by atoms with Gasteiger partial charge >= 0.3 is 0 Å². The summed E-state index contributed by atoms with van der Waals surface area (Å²) in [4.78, 5) is 12.2. The minimum Gasteiger partial charge on any atom is -0.497 e. The lowest BCUT2D eigenvalue weighted by Gasteiger charge is -2.26. The molecule has 2 rings (SSSR count). The maximum Gasteiger partial charge on any atom is 0.253 e. The number of carbonyl (C=O) groups excluding carboxylic acids is 1. The van der Waals surface area contributed by atoms with Crippen LogP contribution < -0.4 is 10.1 Å². The van der Waals surface area contributed by atoms with Crippen LogP contribution in [0.3, 0.4) is 0 Å². The second kappa shape index (κ2) is 7.45. The van der Waals surface area contributed by atoms with Gasteiger partial charge in [0.1, 0.15) is 11.6 Å². The highest BCUT2D eigenvalue weighted by molar-refractivity contribution is 5.82. The zero-order chi connectivity index (χ0) is 17.7. The van der Waals surface area contributed by atoms with E-state index in [2.05, 4.69) is 5.32 Å². The number of aliphatic hydroxyl groups is 1. The van der Waals surface area contributed by atoms with Crippen molar-refractivity contribution in [2.45, 2.75) is 25.4 Å². The summed E-state index contributed by atoms with van der Waals surface area (Å²) in [6, 6.07) is 12.9. The highest BCUT2D eigenvalue weighted by Crippen LogP contribution is 2.23. The molecule has 0 aliphatic heterocycles. The lowest BCUT2D eigenvalue weighted by molar-refractivity contribution is -0.129. The average molecular weight is 331 g/mol. The maximum absolute atomic E-state index is 13.0. The van der Waals surface area contributed by atoms with E-state index < -0.39 is 17.4 Å². The third-order valence-electron chi connectivity index (χ3n) is 3.99. The van der Waals surface area contributed by atoms with Gasteiger partial charge in [0.05, 0.1) is 7.11 Å². The first kappa shape index (κ1) is 17.9. The van der Waals surface area contributed by atoms with Gasteiger partial charge in [0.2, 0.25) is 0 Å². The van der Waals surface area contributed by atoms with Gasteiger partial charge in [-0.05, 0) is 35.4 Å². The predicted octanol–water partition coefficient (Wildman–Crippen LogP) is 2.96. The van der Waals surface area contributed by atoms with Crippen molar-refractivity contribution in [3.05, 3.63) is 65.5 Å². The van der Waals surface area contributed by atoms with Crippen molar-refractivity contribution >= 4 is 5.91 Å². The fraction of sp³-hybridized carbons (Fsp3) is 0.316. The van der Waals surface area contributed by atoms with Gasteiger partial charge in [-0.2, -0.15) is 0 Å². The summed E-state index contributed by atoms with van der Waals surface area (Å²) in [7, 11) is 1.52. The predicted molar refractivity (Wildman–Crippen MR) is 90.4 cm³/mol. The number of hydrogen-bond acceptors (Lipinski definition) is 3. The Hall–Kier alpha value is -2.40. The van der Waals surface area contributed by atoms with Gasteiger partial charge in [-0.25, -0.2) is 4.39 Å². The van der Waals surface area contributed by atoms with Crippen molar-refractivity contribution in [1.82, 2.24) is 5.32 Å². The van der Waals surface area contributed by atoms with Gasteiger partial charge in [-0.1, -0.05) is 38.1 Å². The molecule has 5 heteroatoms. The van der Waals surface area contributed by atoms with Crippen LogP contribution >= 0.6 is 0 Å². The molecule has 128 valence electrons. The molecule has 2 aromatic carbocycles. The van der Waals surface area contributed by atoms with Crippen molar-refractivity contribution in [2.75, 3.05) is 13.7 Å². The van der Waals surface area contributed by atoms with Crippen LogP contribution in [-0.2, 0) is 10.2 Å². The Balaban J connectivity index is 2.02. The number of rotatable bonds is 6. The van der Waals surface area contributed by atoms with Gasteiger partial charge in [0, 0.05) is 12.0 Å². The molecule has 2 aromatic rings. The lowest BCUT2D eigenvalue weighted by atomic mass is 9.84. The average Bonchev–Trinajstić information content (AvgIpc) is 2.59. The smallest absolute Gasteiger partial charge is 0.253 e.